The second kappa shape index (κ2) is 6.39. The summed E-state index contributed by atoms with van der Waals surface area (Å²) in [6.45, 7) is 1.99. The van der Waals surface area contributed by atoms with Crippen molar-refractivity contribution in [2.75, 3.05) is 18.5 Å². The molecule has 16 heavy (non-hydrogen) atoms. The van der Waals surface area contributed by atoms with Crippen LogP contribution >= 0.6 is 15.9 Å². The molecule has 0 spiro atoms. The van der Waals surface area contributed by atoms with Crippen molar-refractivity contribution < 1.29 is 4.74 Å². The summed E-state index contributed by atoms with van der Waals surface area (Å²) in [6.07, 6.45) is 12.6. The minimum Gasteiger partial charge on any atom is -0.381 e. The SMILES string of the molecule is BrCC1(COCCC2CC2)CCCCCC1. The lowest BCUT2D eigenvalue weighted by atomic mass is 9.83. The molecule has 2 fully saturated rings. The van der Waals surface area contributed by atoms with Crippen molar-refractivity contribution in [3.63, 3.8) is 0 Å². The van der Waals surface area contributed by atoms with Crippen LogP contribution < -0.4 is 0 Å². The van der Waals surface area contributed by atoms with Crippen LogP contribution in [0.5, 0.6) is 0 Å². The smallest absolute Gasteiger partial charge is 0.0530 e. The summed E-state index contributed by atoms with van der Waals surface area (Å²) in [5, 5.41) is 1.13. The summed E-state index contributed by atoms with van der Waals surface area (Å²) < 4.78 is 5.94. The molecule has 0 heterocycles. The second-order valence-electron chi connectivity index (χ2n) is 5.83. The van der Waals surface area contributed by atoms with E-state index in [0.717, 1.165) is 24.5 Å². The van der Waals surface area contributed by atoms with Crippen molar-refractivity contribution in [1.29, 1.82) is 0 Å². The Morgan fingerprint density at radius 2 is 1.75 bits per heavy atom. The van der Waals surface area contributed by atoms with E-state index in [2.05, 4.69) is 15.9 Å². The van der Waals surface area contributed by atoms with Gasteiger partial charge < -0.3 is 4.74 Å². The fourth-order valence-corrected chi connectivity index (χ4v) is 3.46. The number of halogens is 1. The number of alkyl halides is 1. The summed E-state index contributed by atoms with van der Waals surface area (Å²) in [5.74, 6) is 1.01. The molecular formula is C14H25BrO. The van der Waals surface area contributed by atoms with E-state index >= 15 is 0 Å². The molecule has 0 radical (unpaired) electrons. The van der Waals surface area contributed by atoms with E-state index in [1.54, 1.807) is 0 Å². The first kappa shape index (κ1) is 12.9. The van der Waals surface area contributed by atoms with Gasteiger partial charge >= 0.3 is 0 Å². The van der Waals surface area contributed by atoms with Gasteiger partial charge in [-0.15, -0.1) is 0 Å². The van der Waals surface area contributed by atoms with Crippen molar-refractivity contribution in [2.45, 2.75) is 57.8 Å². The highest BCUT2D eigenvalue weighted by Crippen LogP contribution is 2.37. The van der Waals surface area contributed by atoms with Crippen molar-refractivity contribution in [1.82, 2.24) is 0 Å². The van der Waals surface area contributed by atoms with Crippen LogP contribution in [-0.4, -0.2) is 18.5 Å². The lowest BCUT2D eigenvalue weighted by Crippen LogP contribution is -2.28. The Kier molecular flexibility index (Phi) is 5.15. The van der Waals surface area contributed by atoms with Gasteiger partial charge in [0.2, 0.25) is 0 Å². The molecular weight excluding hydrogens is 264 g/mol. The van der Waals surface area contributed by atoms with E-state index < -0.39 is 0 Å². The maximum Gasteiger partial charge on any atom is 0.0530 e. The average Bonchev–Trinajstić information content (AvgIpc) is 3.13. The van der Waals surface area contributed by atoms with Crippen LogP contribution in [-0.2, 0) is 4.74 Å². The van der Waals surface area contributed by atoms with Crippen molar-refractivity contribution in [3.8, 4) is 0 Å². The fraction of sp³-hybridized carbons (Fsp3) is 1.00. The standard InChI is InChI=1S/C14H25BrO/c15-11-14(8-3-1-2-4-9-14)12-16-10-7-13-5-6-13/h13H,1-12H2. The summed E-state index contributed by atoms with van der Waals surface area (Å²) in [5.41, 5.74) is 0.458. The first-order valence-electron chi connectivity index (χ1n) is 6.98. The van der Waals surface area contributed by atoms with Crippen molar-refractivity contribution in [3.05, 3.63) is 0 Å². The van der Waals surface area contributed by atoms with Gasteiger partial charge in [-0.05, 0) is 25.2 Å². The molecule has 2 heteroatoms. The molecule has 0 amide bonds. The van der Waals surface area contributed by atoms with Gasteiger partial charge in [0, 0.05) is 17.4 Å². The molecule has 0 bridgehead atoms. The van der Waals surface area contributed by atoms with Crippen molar-refractivity contribution >= 4 is 15.9 Å². The van der Waals surface area contributed by atoms with E-state index in [9.17, 15) is 0 Å². The van der Waals surface area contributed by atoms with Crippen LogP contribution in [0.3, 0.4) is 0 Å². The molecule has 0 aromatic heterocycles. The second-order valence-corrected chi connectivity index (χ2v) is 6.39. The monoisotopic (exact) mass is 288 g/mol. The van der Waals surface area contributed by atoms with E-state index in [0.29, 0.717) is 5.41 Å². The Labute approximate surface area is 108 Å². The Balaban J connectivity index is 1.68. The zero-order valence-electron chi connectivity index (χ0n) is 10.3. The largest absolute Gasteiger partial charge is 0.381 e. The van der Waals surface area contributed by atoms with Crippen LogP contribution in [0, 0.1) is 11.3 Å². The van der Waals surface area contributed by atoms with E-state index in [-0.39, 0.29) is 0 Å². The topological polar surface area (TPSA) is 9.23 Å². The van der Waals surface area contributed by atoms with Gasteiger partial charge in [-0.2, -0.15) is 0 Å². The van der Waals surface area contributed by atoms with E-state index in [4.69, 9.17) is 4.74 Å². The quantitative estimate of drug-likeness (QED) is 0.396. The van der Waals surface area contributed by atoms with Gasteiger partial charge in [0.1, 0.15) is 0 Å². The van der Waals surface area contributed by atoms with Gasteiger partial charge in [-0.1, -0.05) is 54.5 Å². The van der Waals surface area contributed by atoms with Gasteiger partial charge in [-0.3, -0.25) is 0 Å². The molecule has 2 saturated carbocycles. The highest BCUT2D eigenvalue weighted by molar-refractivity contribution is 9.09. The number of hydrogen-bond donors (Lipinski definition) is 0. The first-order chi connectivity index (χ1) is 7.85. The summed E-state index contributed by atoms with van der Waals surface area (Å²) in [7, 11) is 0. The lowest BCUT2D eigenvalue weighted by Gasteiger charge is -2.30. The molecule has 0 N–H and O–H groups in total. The van der Waals surface area contributed by atoms with Crippen LogP contribution in [0.25, 0.3) is 0 Å². The molecule has 1 nitrogen and oxygen atoms in total. The molecule has 2 aliphatic rings. The van der Waals surface area contributed by atoms with Crippen LogP contribution in [0.15, 0.2) is 0 Å². The van der Waals surface area contributed by atoms with Crippen LogP contribution in [0.4, 0.5) is 0 Å². The third-order valence-corrected chi connectivity index (χ3v) is 5.41. The number of ether oxygens (including phenoxy) is 1. The summed E-state index contributed by atoms with van der Waals surface area (Å²) in [4.78, 5) is 0. The summed E-state index contributed by atoms with van der Waals surface area (Å²) >= 11 is 3.72. The zero-order valence-corrected chi connectivity index (χ0v) is 11.9. The van der Waals surface area contributed by atoms with E-state index in [1.807, 2.05) is 0 Å². The highest BCUT2D eigenvalue weighted by atomic mass is 79.9. The van der Waals surface area contributed by atoms with Crippen LogP contribution in [0.2, 0.25) is 0 Å². The molecule has 0 atom stereocenters. The molecule has 2 aliphatic carbocycles. The lowest BCUT2D eigenvalue weighted by molar-refractivity contribution is 0.0445. The normalized spacial score (nSPS) is 25.3. The molecule has 0 aromatic rings. The minimum atomic E-state index is 0.458. The molecule has 2 rings (SSSR count). The Morgan fingerprint density at radius 1 is 1.06 bits per heavy atom. The number of hydrogen-bond acceptors (Lipinski definition) is 1. The predicted molar refractivity (Wildman–Crippen MR) is 72.1 cm³/mol. The molecule has 94 valence electrons. The Bertz CT molecular complexity index is 193. The Morgan fingerprint density at radius 3 is 2.31 bits per heavy atom. The maximum atomic E-state index is 5.94. The van der Waals surface area contributed by atoms with Gasteiger partial charge in [0.15, 0.2) is 0 Å². The molecule has 0 aliphatic heterocycles. The third-order valence-electron chi connectivity index (χ3n) is 4.22. The van der Waals surface area contributed by atoms with Crippen molar-refractivity contribution in [2.24, 2.45) is 11.3 Å². The van der Waals surface area contributed by atoms with Gasteiger partial charge in [0.05, 0.1) is 6.61 Å². The molecule has 0 unspecified atom stereocenters. The predicted octanol–water partition coefficient (Wildman–Crippen LogP) is 4.54. The molecule has 0 aromatic carbocycles. The number of rotatable bonds is 6. The van der Waals surface area contributed by atoms with E-state index in [1.165, 1.54) is 57.8 Å². The van der Waals surface area contributed by atoms with Gasteiger partial charge in [-0.25, -0.2) is 0 Å². The van der Waals surface area contributed by atoms with Gasteiger partial charge in [0.25, 0.3) is 0 Å². The molecule has 0 saturated heterocycles. The minimum absolute atomic E-state index is 0.458. The first-order valence-corrected chi connectivity index (χ1v) is 8.11. The Hall–Kier alpha value is 0.440. The third kappa shape index (κ3) is 4.03. The fourth-order valence-electron chi connectivity index (χ4n) is 2.74. The maximum absolute atomic E-state index is 5.94. The highest BCUT2D eigenvalue weighted by Gasteiger charge is 2.30. The van der Waals surface area contributed by atoms with Crippen LogP contribution in [0.1, 0.15) is 57.8 Å². The summed E-state index contributed by atoms with van der Waals surface area (Å²) in [6, 6.07) is 0. The zero-order chi connectivity index (χ0) is 11.3. The average molecular weight is 289 g/mol.